The van der Waals surface area contributed by atoms with Crippen molar-refractivity contribution in [3.05, 3.63) is 199 Å². The van der Waals surface area contributed by atoms with E-state index in [2.05, 4.69) is 207 Å². The number of furan rings is 1. The molecule has 0 saturated carbocycles. The second kappa shape index (κ2) is 12.1. The highest BCUT2D eigenvalue weighted by molar-refractivity contribution is 6.16. The third-order valence-corrected chi connectivity index (χ3v) is 11.8. The Hall–Kier alpha value is -6.90. The van der Waals surface area contributed by atoms with Crippen LogP contribution in [-0.2, 0) is 5.41 Å². The van der Waals surface area contributed by atoms with Crippen molar-refractivity contribution in [2.75, 3.05) is 4.90 Å². The van der Waals surface area contributed by atoms with Crippen molar-refractivity contribution in [1.29, 1.82) is 0 Å². The van der Waals surface area contributed by atoms with Gasteiger partial charge in [0.05, 0.1) is 11.4 Å². The van der Waals surface area contributed by atoms with Crippen molar-refractivity contribution in [1.82, 2.24) is 0 Å². The largest absolute Gasteiger partial charge is 0.455 e. The highest BCUT2D eigenvalue weighted by atomic mass is 16.3. The van der Waals surface area contributed by atoms with Crippen LogP contribution in [0.4, 0.5) is 17.1 Å². The van der Waals surface area contributed by atoms with Crippen LogP contribution in [0.2, 0.25) is 0 Å². The summed E-state index contributed by atoms with van der Waals surface area (Å²) >= 11 is 0. The first-order chi connectivity index (χ1) is 27.0. The van der Waals surface area contributed by atoms with Crippen LogP contribution in [0.1, 0.15) is 25.0 Å². The van der Waals surface area contributed by atoms with Crippen LogP contribution in [0.25, 0.3) is 76.9 Å². The Morgan fingerprint density at radius 2 is 1.04 bits per heavy atom. The monoisotopic (exact) mass is 703 g/mol. The summed E-state index contributed by atoms with van der Waals surface area (Å²) in [4.78, 5) is 2.43. The number of hydrogen-bond donors (Lipinski definition) is 0. The smallest absolute Gasteiger partial charge is 0.143 e. The number of nitrogens with zero attached hydrogens (tertiary/aromatic N) is 1. The molecule has 1 heterocycles. The van der Waals surface area contributed by atoms with Gasteiger partial charge in [0.15, 0.2) is 0 Å². The molecule has 11 rings (SSSR count). The molecule has 0 saturated heterocycles. The second-order valence-electron chi connectivity index (χ2n) is 15.3. The third-order valence-electron chi connectivity index (χ3n) is 11.8. The van der Waals surface area contributed by atoms with Crippen LogP contribution < -0.4 is 4.90 Å². The molecule has 0 atom stereocenters. The van der Waals surface area contributed by atoms with Gasteiger partial charge in [0, 0.05) is 38.2 Å². The lowest BCUT2D eigenvalue weighted by atomic mass is 9.79. The highest BCUT2D eigenvalue weighted by Crippen LogP contribution is 2.52. The molecule has 0 bridgehead atoms. The summed E-state index contributed by atoms with van der Waals surface area (Å²) in [6.07, 6.45) is 0. The van der Waals surface area contributed by atoms with Gasteiger partial charge in [0.1, 0.15) is 11.2 Å². The Balaban J connectivity index is 1.08. The Bertz CT molecular complexity index is 3120. The molecular weight excluding hydrogens is 667 g/mol. The molecular formula is C53H37NO. The summed E-state index contributed by atoms with van der Waals surface area (Å²) in [7, 11) is 0. The number of fused-ring (bicyclic) bond motifs is 9. The van der Waals surface area contributed by atoms with E-state index in [0.29, 0.717) is 0 Å². The molecule has 1 aromatic heterocycles. The van der Waals surface area contributed by atoms with Gasteiger partial charge in [0.25, 0.3) is 0 Å². The van der Waals surface area contributed by atoms with E-state index in [1.807, 2.05) is 0 Å². The fourth-order valence-corrected chi connectivity index (χ4v) is 9.27. The maximum absolute atomic E-state index is 6.52. The predicted octanol–water partition coefficient (Wildman–Crippen LogP) is 15.0. The quantitative estimate of drug-likeness (QED) is 0.177. The van der Waals surface area contributed by atoms with Gasteiger partial charge in [-0.25, -0.2) is 0 Å². The molecule has 0 N–H and O–H groups in total. The molecule has 2 heteroatoms. The average Bonchev–Trinajstić information content (AvgIpc) is 3.73. The summed E-state index contributed by atoms with van der Waals surface area (Å²) < 4.78 is 6.52. The summed E-state index contributed by atoms with van der Waals surface area (Å²) in [5.74, 6) is 0. The van der Waals surface area contributed by atoms with Crippen LogP contribution in [0.15, 0.2) is 192 Å². The minimum atomic E-state index is -0.0936. The lowest BCUT2D eigenvalue weighted by Gasteiger charge is -2.29. The first kappa shape index (κ1) is 31.6. The normalized spacial score (nSPS) is 13.1. The fraction of sp³-hybridized carbons (Fsp3) is 0.0566. The zero-order valence-corrected chi connectivity index (χ0v) is 30.8. The second-order valence-corrected chi connectivity index (χ2v) is 15.3. The molecule has 55 heavy (non-hydrogen) atoms. The highest BCUT2D eigenvalue weighted by Gasteiger charge is 2.37. The minimum absolute atomic E-state index is 0.0936. The molecule has 9 aromatic carbocycles. The number of benzene rings is 9. The Morgan fingerprint density at radius 1 is 0.418 bits per heavy atom. The van der Waals surface area contributed by atoms with Crippen LogP contribution >= 0.6 is 0 Å². The van der Waals surface area contributed by atoms with Crippen molar-refractivity contribution in [2.45, 2.75) is 19.3 Å². The molecule has 1 aliphatic rings. The molecule has 1 aliphatic carbocycles. The summed E-state index contributed by atoms with van der Waals surface area (Å²) in [6.45, 7) is 4.72. The van der Waals surface area contributed by atoms with Gasteiger partial charge in [-0.3, -0.25) is 0 Å². The topological polar surface area (TPSA) is 16.4 Å². The van der Waals surface area contributed by atoms with Gasteiger partial charge in [-0.1, -0.05) is 159 Å². The Labute approximate surface area is 320 Å². The maximum Gasteiger partial charge on any atom is 0.143 e. The summed E-state index contributed by atoms with van der Waals surface area (Å²) in [6, 6.07) is 68.4. The van der Waals surface area contributed by atoms with Gasteiger partial charge in [-0.05, 0) is 92.2 Å². The molecule has 0 fully saturated rings. The van der Waals surface area contributed by atoms with Crippen molar-refractivity contribution in [3.8, 4) is 33.4 Å². The van der Waals surface area contributed by atoms with Gasteiger partial charge in [-0.2, -0.15) is 0 Å². The standard InChI is InChI=1S/C53H37NO/c1-53(2)47-22-9-7-19-43(47)44-21-12-20-41(51(44)53)36-25-29-38(30-26-36)54(49-24-11-15-34-13-3-5-16-39(34)49)48-23-10-8-17-40(48)37-28-32-50-46(33-37)45-31-27-35-14-4-6-18-42(35)52(45)55-50/h3-33H,1-2H3. The number of anilines is 3. The lowest BCUT2D eigenvalue weighted by molar-refractivity contribution is 0.662. The van der Waals surface area contributed by atoms with E-state index in [-0.39, 0.29) is 5.41 Å². The minimum Gasteiger partial charge on any atom is -0.455 e. The van der Waals surface area contributed by atoms with Crippen molar-refractivity contribution in [2.24, 2.45) is 0 Å². The van der Waals surface area contributed by atoms with Crippen LogP contribution in [0, 0.1) is 0 Å². The van der Waals surface area contributed by atoms with Crippen LogP contribution in [0.5, 0.6) is 0 Å². The van der Waals surface area contributed by atoms with E-state index >= 15 is 0 Å². The predicted molar refractivity (Wildman–Crippen MR) is 232 cm³/mol. The molecule has 260 valence electrons. The Kier molecular flexibility index (Phi) is 6.93. The van der Waals surface area contributed by atoms with E-state index in [4.69, 9.17) is 4.42 Å². The first-order valence-electron chi connectivity index (χ1n) is 19.1. The zero-order valence-electron chi connectivity index (χ0n) is 30.8. The number of hydrogen-bond acceptors (Lipinski definition) is 2. The van der Waals surface area contributed by atoms with Gasteiger partial charge in [0.2, 0.25) is 0 Å². The molecule has 2 nitrogen and oxygen atoms in total. The van der Waals surface area contributed by atoms with Gasteiger partial charge < -0.3 is 9.32 Å². The fourth-order valence-electron chi connectivity index (χ4n) is 9.27. The summed E-state index contributed by atoms with van der Waals surface area (Å²) in [5, 5.41) is 6.98. The molecule has 0 radical (unpaired) electrons. The molecule has 0 spiro atoms. The third kappa shape index (κ3) is 4.81. The van der Waals surface area contributed by atoms with Crippen molar-refractivity contribution < 1.29 is 4.42 Å². The van der Waals surface area contributed by atoms with Crippen molar-refractivity contribution in [3.63, 3.8) is 0 Å². The van der Waals surface area contributed by atoms with E-state index in [1.54, 1.807) is 0 Å². The van der Waals surface area contributed by atoms with Crippen molar-refractivity contribution >= 4 is 60.5 Å². The molecule has 0 aliphatic heterocycles. The zero-order chi connectivity index (χ0) is 36.7. The number of para-hydroxylation sites is 1. The van der Waals surface area contributed by atoms with Crippen LogP contribution in [0.3, 0.4) is 0 Å². The lowest BCUT2D eigenvalue weighted by Crippen LogP contribution is -2.16. The Morgan fingerprint density at radius 3 is 1.89 bits per heavy atom. The van der Waals surface area contributed by atoms with Crippen LogP contribution in [-0.4, -0.2) is 0 Å². The average molecular weight is 704 g/mol. The van der Waals surface area contributed by atoms with Gasteiger partial charge in [-0.15, -0.1) is 0 Å². The summed E-state index contributed by atoms with van der Waals surface area (Å²) in [5.41, 5.74) is 15.4. The van der Waals surface area contributed by atoms with E-state index < -0.39 is 0 Å². The molecule has 10 aromatic rings. The van der Waals surface area contributed by atoms with Gasteiger partial charge >= 0.3 is 0 Å². The molecule has 0 unspecified atom stereocenters. The molecule has 0 amide bonds. The number of rotatable bonds is 5. The maximum atomic E-state index is 6.52. The van der Waals surface area contributed by atoms with E-state index in [9.17, 15) is 0 Å². The van der Waals surface area contributed by atoms with E-state index in [0.717, 1.165) is 55.5 Å². The van der Waals surface area contributed by atoms with E-state index in [1.165, 1.54) is 49.5 Å². The SMILES string of the molecule is CC1(C)c2ccccc2-c2cccc(-c3ccc(N(c4ccccc4-c4ccc5oc6c7ccccc7ccc6c5c4)c4cccc5ccccc45)cc3)c21. The first-order valence-corrected chi connectivity index (χ1v) is 19.1.